The van der Waals surface area contributed by atoms with Gasteiger partial charge in [0.2, 0.25) is 11.5 Å². The zero-order valence-corrected chi connectivity index (χ0v) is 13.9. The van der Waals surface area contributed by atoms with E-state index in [1.165, 1.54) is 14.0 Å². The van der Waals surface area contributed by atoms with Crippen LogP contribution in [0.4, 0.5) is 0 Å². The van der Waals surface area contributed by atoms with Crippen molar-refractivity contribution in [3.63, 3.8) is 0 Å². The Morgan fingerprint density at radius 1 is 1.21 bits per heavy atom. The van der Waals surface area contributed by atoms with E-state index in [0.29, 0.717) is 23.4 Å². The number of ketones is 1. The molecule has 0 unspecified atom stereocenters. The van der Waals surface area contributed by atoms with Crippen molar-refractivity contribution in [3.8, 4) is 0 Å². The molecule has 1 N–H and O–H groups in total. The van der Waals surface area contributed by atoms with Crippen molar-refractivity contribution in [1.29, 1.82) is 0 Å². The molecule has 24 heavy (non-hydrogen) atoms. The van der Waals surface area contributed by atoms with E-state index in [0.717, 1.165) is 6.26 Å². The predicted octanol–water partition coefficient (Wildman–Crippen LogP) is 1.42. The molecule has 8 nitrogen and oxygen atoms in total. The first-order valence-electron chi connectivity index (χ1n) is 7.34. The van der Waals surface area contributed by atoms with E-state index in [1.54, 1.807) is 13.8 Å². The van der Waals surface area contributed by atoms with Gasteiger partial charge in [-0.3, -0.25) is 4.79 Å². The summed E-state index contributed by atoms with van der Waals surface area (Å²) >= 11 is 0. The van der Waals surface area contributed by atoms with Crippen LogP contribution < -0.4 is 0 Å². The summed E-state index contributed by atoms with van der Waals surface area (Å²) in [5.41, 5.74) is 1.45. The topological polar surface area (TPSA) is 104 Å². The zero-order chi connectivity index (χ0) is 17.9. The van der Waals surface area contributed by atoms with Gasteiger partial charge in [0, 0.05) is 5.69 Å². The fourth-order valence-electron chi connectivity index (χ4n) is 2.36. The molecule has 8 heteroatoms. The Kier molecular flexibility index (Phi) is 5.28. The first-order chi connectivity index (χ1) is 11.4. The summed E-state index contributed by atoms with van der Waals surface area (Å²) < 4.78 is 19.9. The summed E-state index contributed by atoms with van der Waals surface area (Å²) in [6.07, 6.45) is 0.0915. The van der Waals surface area contributed by atoms with Crippen LogP contribution in [0.5, 0.6) is 0 Å². The normalized spacial score (nSPS) is 14.8. The van der Waals surface area contributed by atoms with Crippen LogP contribution >= 0.6 is 0 Å². The first kappa shape index (κ1) is 17.6. The highest BCUT2D eigenvalue weighted by Gasteiger charge is 2.28. The summed E-state index contributed by atoms with van der Waals surface area (Å²) in [7, 11) is 1.26. The van der Waals surface area contributed by atoms with Gasteiger partial charge in [-0.05, 0) is 26.3 Å². The fourth-order valence-corrected chi connectivity index (χ4v) is 2.36. The predicted molar refractivity (Wildman–Crippen MR) is 81.5 cm³/mol. The van der Waals surface area contributed by atoms with Gasteiger partial charge >= 0.3 is 11.9 Å². The molecule has 2 heterocycles. The van der Waals surface area contributed by atoms with Crippen molar-refractivity contribution < 1.29 is 33.3 Å². The van der Waals surface area contributed by atoms with E-state index in [-0.39, 0.29) is 18.1 Å². The van der Waals surface area contributed by atoms with Gasteiger partial charge in [0.15, 0.2) is 6.10 Å². The number of carbonyl (C=O) groups is 3. The molecule has 0 aromatic carbocycles. The minimum Gasteiger partial charge on any atom is -0.493 e. The Morgan fingerprint density at radius 3 is 2.50 bits per heavy atom. The molecule has 0 saturated carbocycles. The first-order valence-corrected chi connectivity index (χ1v) is 7.34. The van der Waals surface area contributed by atoms with Crippen LogP contribution in [0.15, 0.2) is 12.0 Å². The maximum Gasteiger partial charge on any atom is 0.377 e. The van der Waals surface area contributed by atoms with Gasteiger partial charge in [0.05, 0.1) is 18.4 Å². The molecule has 0 radical (unpaired) electrons. The molecule has 0 spiro atoms. The maximum atomic E-state index is 12.5. The molecule has 0 bridgehead atoms. The average Bonchev–Trinajstić information content (AvgIpc) is 2.88. The van der Waals surface area contributed by atoms with E-state index < -0.39 is 23.8 Å². The highest BCUT2D eigenvalue weighted by Crippen LogP contribution is 2.21. The van der Waals surface area contributed by atoms with Crippen molar-refractivity contribution in [2.45, 2.75) is 26.9 Å². The largest absolute Gasteiger partial charge is 0.493 e. The molecule has 2 rings (SSSR count). The third kappa shape index (κ3) is 3.42. The lowest BCUT2D eigenvalue weighted by molar-refractivity contribution is -0.147. The number of aromatic amines is 1. The van der Waals surface area contributed by atoms with Gasteiger partial charge in [-0.15, -0.1) is 0 Å². The Bertz CT molecular complexity index is 702. The Balaban J connectivity index is 2.15. The van der Waals surface area contributed by atoms with E-state index in [9.17, 15) is 14.4 Å². The second-order valence-electron chi connectivity index (χ2n) is 5.23. The van der Waals surface area contributed by atoms with Gasteiger partial charge in [0.1, 0.15) is 19.5 Å². The van der Waals surface area contributed by atoms with Crippen molar-refractivity contribution in [1.82, 2.24) is 4.98 Å². The number of aryl methyl sites for hydroxylation is 1. The smallest absolute Gasteiger partial charge is 0.377 e. The van der Waals surface area contributed by atoms with Crippen LogP contribution in [-0.4, -0.2) is 49.1 Å². The molecule has 1 aromatic heterocycles. The lowest BCUT2D eigenvalue weighted by atomic mass is 10.1. The molecular weight excluding hydrogens is 318 g/mol. The molecule has 0 amide bonds. The molecule has 130 valence electrons. The lowest BCUT2D eigenvalue weighted by Gasteiger charge is -2.17. The Labute approximate surface area is 138 Å². The fraction of sp³-hybridized carbons (Fsp3) is 0.438. The number of Topliss-reactive ketones (excluding diaryl/α,β-unsaturated/α-hetero) is 1. The van der Waals surface area contributed by atoms with Gasteiger partial charge < -0.3 is 23.9 Å². The SMILES string of the molecule is COC(=O)c1c(C)[nH]c(C(=O)[C@@H](C)OC(=O)C2=COCCO2)c1C. The van der Waals surface area contributed by atoms with Gasteiger partial charge in [-0.1, -0.05) is 0 Å². The molecule has 0 fully saturated rings. The number of methoxy groups -OCH3 is 1. The molecule has 1 atom stereocenters. The molecule has 1 aliphatic heterocycles. The van der Waals surface area contributed by atoms with Gasteiger partial charge in [-0.2, -0.15) is 0 Å². The van der Waals surface area contributed by atoms with Crippen molar-refractivity contribution >= 4 is 17.7 Å². The van der Waals surface area contributed by atoms with E-state index in [4.69, 9.17) is 18.9 Å². The third-order valence-electron chi connectivity index (χ3n) is 3.58. The standard InChI is InChI=1S/C16H19NO7/c1-8-12(16(20)21-4)9(2)17-13(8)14(18)10(3)24-15(19)11-7-22-5-6-23-11/h7,10,17H,5-6H2,1-4H3/t10-/m1/s1. The number of hydrogen-bond donors (Lipinski definition) is 1. The Hall–Kier alpha value is -2.77. The number of aromatic nitrogens is 1. The highest BCUT2D eigenvalue weighted by atomic mass is 16.6. The van der Waals surface area contributed by atoms with Crippen LogP contribution in [0.3, 0.4) is 0 Å². The highest BCUT2D eigenvalue weighted by molar-refractivity contribution is 6.04. The maximum absolute atomic E-state index is 12.5. The average molecular weight is 337 g/mol. The summed E-state index contributed by atoms with van der Waals surface area (Å²) in [6, 6.07) is 0. The molecule has 0 aliphatic carbocycles. The summed E-state index contributed by atoms with van der Waals surface area (Å²) in [6.45, 7) is 5.31. The molecule has 1 aliphatic rings. The second kappa shape index (κ2) is 7.20. The van der Waals surface area contributed by atoms with Crippen LogP contribution in [0.2, 0.25) is 0 Å². The molecule has 1 aromatic rings. The Morgan fingerprint density at radius 2 is 1.92 bits per heavy atom. The van der Waals surface area contributed by atoms with Crippen molar-refractivity contribution in [2.24, 2.45) is 0 Å². The molecular formula is C16H19NO7. The minimum absolute atomic E-state index is 0.0875. The van der Waals surface area contributed by atoms with Crippen LogP contribution in [0.1, 0.15) is 39.0 Å². The summed E-state index contributed by atoms with van der Waals surface area (Å²) in [4.78, 5) is 39.0. The monoisotopic (exact) mass is 337 g/mol. The van der Waals surface area contributed by atoms with E-state index >= 15 is 0 Å². The number of H-pyrrole nitrogens is 1. The number of carbonyl (C=O) groups excluding carboxylic acids is 3. The van der Waals surface area contributed by atoms with Gasteiger partial charge in [0.25, 0.3) is 0 Å². The van der Waals surface area contributed by atoms with E-state index in [2.05, 4.69) is 4.98 Å². The number of hydrogen-bond acceptors (Lipinski definition) is 7. The second-order valence-corrected chi connectivity index (χ2v) is 5.23. The molecule has 0 saturated heterocycles. The number of rotatable bonds is 5. The minimum atomic E-state index is -1.06. The van der Waals surface area contributed by atoms with Crippen LogP contribution in [0, 0.1) is 13.8 Å². The summed E-state index contributed by atoms with van der Waals surface area (Å²) in [5.74, 6) is -1.88. The summed E-state index contributed by atoms with van der Waals surface area (Å²) in [5, 5.41) is 0. The number of esters is 2. The zero-order valence-electron chi connectivity index (χ0n) is 13.9. The van der Waals surface area contributed by atoms with Crippen LogP contribution in [0.25, 0.3) is 0 Å². The van der Waals surface area contributed by atoms with Crippen molar-refractivity contribution in [3.05, 3.63) is 34.5 Å². The number of ether oxygens (including phenoxy) is 4. The van der Waals surface area contributed by atoms with Gasteiger partial charge in [-0.25, -0.2) is 9.59 Å². The van der Waals surface area contributed by atoms with E-state index in [1.807, 2.05) is 0 Å². The third-order valence-corrected chi connectivity index (χ3v) is 3.58. The number of nitrogens with one attached hydrogen (secondary N) is 1. The quantitative estimate of drug-likeness (QED) is 0.640. The lowest BCUT2D eigenvalue weighted by Crippen LogP contribution is -2.27. The van der Waals surface area contributed by atoms with Crippen molar-refractivity contribution in [2.75, 3.05) is 20.3 Å². The van der Waals surface area contributed by atoms with Crippen LogP contribution in [-0.2, 0) is 23.7 Å².